The van der Waals surface area contributed by atoms with E-state index in [-0.39, 0.29) is 5.54 Å². The molecule has 4 rings (SSSR count). The van der Waals surface area contributed by atoms with Gasteiger partial charge in [-0.2, -0.15) is 9.97 Å². The number of aromatic nitrogens is 2. The Morgan fingerprint density at radius 3 is 2.69 bits per heavy atom. The van der Waals surface area contributed by atoms with Crippen molar-refractivity contribution in [1.82, 2.24) is 9.97 Å². The lowest BCUT2D eigenvalue weighted by Gasteiger charge is -2.31. The smallest absolute Gasteiger partial charge is 0.231 e. The highest BCUT2D eigenvalue weighted by Gasteiger charge is 2.38. The van der Waals surface area contributed by atoms with Gasteiger partial charge in [0.05, 0.1) is 0 Å². The molecule has 2 aliphatic rings. The van der Waals surface area contributed by atoms with Crippen LogP contribution in [0.5, 0.6) is 11.6 Å². The maximum absolute atomic E-state index is 6.05. The number of benzene rings is 1. The molecule has 1 saturated heterocycles. The van der Waals surface area contributed by atoms with Gasteiger partial charge in [-0.1, -0.05) is 43.4 Å². The molecule has 29 heavy (non-hydrogen) atoms. The average molecular weight is 409 g/mol. The fourth-order valence-corrected chi connectivity index (χ4v) is 4.65. The van der Waals surface area contributed by atoms with E-state index in [1.807, 2.05) is 36.4 Å². The van der Waals surface area contributed by atoms with Crippen molar-refractivity contribution in [3.63, 3.8) is 0 Å². The molecule has 2 heterocycles. The summed E-state index contributed by atoms with van der Waals surface area (Å²) in [6.07, 6.45) is 9.90. The van der Waals surface area contributed by atoms with Gasteiger partial charge < -0.3 is 14.4 Å². The van der Waals surface area contributed by atoms with E-state index in [4.69, 9.17) is 14.7 Å². The van der Waals surface area contributed by atoms with Crippen LogP contribution >= 0.6 is 11.9 Å². The van der Waals surface area contributed by atoms with Crippen molar-refractivity contribution in [2.75, 3.05) is 16.2 Å². The van der Waals surface area contributed by atoms with Crippen molar-refractivity contribution in [3.8, 4) is 11.6 Å². The van der Waals surface area contributed by atoms with Gasteiger partial charge in [-0.05, 0) is 63.1 Å². The zero-order valence-electron chi connectivity index (χ0n) is 17.3. The first-order chi connectivity index (χ1) is 14.0. The minimum Gasteiger partial charge on any atom is -0.439 e. The quantitative estimate of drug-likeness (QED) is 0.575. The fourth-order valence-electron chi connectivity index (χ4n) is 3.96. The minimum atomic E-state index is 0.0177. The minimum absolute atomic E-state index is 0.0177. The highest BCUT2D eigenvalue weighted by Crippen LogP contribution is 2.37. The van der Waals surface area contributed by atoms with Crippen LogP contribution in [0, 0.1) is 5.92 Å². The van der Waals surface area contributed by atoms with Crippen LogP contribution in [0.4, 0.5) is 11.8 Å². The van der Waals surface area contributed by atoms with Crippen LogP contribution < -0.4 is 14.4 Å². The predicted octanol–water partition coefficient (Wildman–Crippen LogP) is 6.19. The second kappa shape index (κ2) is 8.49. The number of hydrogen-bond donors (Lipinski definition) is 1. The molecular weight excluding hydrogens is 380 g/mol. The molecule has 0 bridgehead atoms. The number of anilines is 2. The Hall–Kier alpha value is -2.47. The Labute approximate surface area is 177 Å². The molecule has 1 aliphatic carbocycles. The van der Waals surface area contributed by atoms with Crippen LogP contribution in [-0.2, 0) is 0 Å². The molecule has 2 aromatic rings. The second-order valence-electron chi connectivity index (χ2n) is 8.33. The molecule has 0 amide bonds. The Morgan fingerprint density at radius 1 is 1.17 bits per heavy atom. The molecule has 1 N–H and O–H groups in total. The Morgan fingerprint density at radius 2 is 2.00 bits per heavy atom. The van der Waals surface area contributed by atoms with Crippen LogP contribution in [0.25, 0.3) is 0 Å². The maximum Gasteiger partial charge on any atom is 0.231 e. The number of allylic oxidation sites excluding steroid dienone is 3. The standard InChI is InChI=1S/C23H28N4OS/c1-17-15-23(2,3)27(16-17)22-24-20(26-29-19-12-8-5-9-13-19)14-21(25-22)28-18-10-6-4-7-11-18/h4,6-8,10-14,17H,5,9,15-16H2,1-3H3,(H,24,25,26). The van der Waals surface area contributed by atoms with Gasteiger partial charge in [0, 0.05) is 23.1 Å². The van der Waals surface area contributed by atoms with Gasteiger partial charge in [-0.15, -0.1) is 0 Å². The zero-order chi connectivity index (χ0) is 20.3. The number of para-hydroxylation sites is 1. The van der Waals surface area contributed by atoms with Crippen LogP contribution in [0.1, 0.15) is 40.0 Å². The highest BCUT2D eigenvalue weighted by atomic mass is 32.2. The van der Waals surface area contributed by atoms with Gasteiger partial charge in [-0.3, -0.25) is 0 Å². The lowest BCUT2D eigenvalue weighted by atomic mass is 9.98. The average Bonchev–Trinajstić information content (AvgIpc) is 3.00. The molecule has 1 aliphatic heterocycles. The van der Waals surface area contributed by atoms with E-state index in [1.54, 1.807) is 11.9 Å². The number of nitrogens with zero attached hydrogens (tertiary/aromatic N) is 3. The van der Waals surface area contributed by atoms with E-state index < -0.39 is 0 Å². The summed E-state index contributed by atoms with van der Waals surface area (Å²) in [6, 6.07) is 11.6. The molecule has 1 aromatic heterocycles. The van der Waals surface area contributed by atoms with Crippen molar-refractivity contribution in [2.45, 2.75) is 45.6 Å². The molecule has 1 fully saturated rings. The Kier molecular flexibility index (Phi) is 5.81. The summed E-state index contributed by atoms with van der Waals surface area (Å²) < 4.78 is 9.43. The van der Waals surface area contributed by atoms with Crippen LogP contribution in [-0.4, -0.2) is 22.1 Å². The summed E-state index contributed by atoms with van der Waals surface area (Å²) in [6.45, 7) is 7.74. The van der Waals surface area contributed by atoms with E-state index in [9.17, 15) is 0 Å². The van der Waals surface area contributed by atoms with E-state index >= 15 is 0 Å². The van der Waals surface area contributed by atoms with Crippen molar-refractivity contribution < 1.29 is 4.74 Å². The topological polar surface area (TPSA) is 50.3 Å². The van der Waals surface area contributed by atoms with Gasteiger partial charge in [0.2, 0.25) is 11.8 Å². The Balaban J connectivity index is 1.61. The number of ether oxygens (including phenoxy) is 1. The van der Waals surface area contributed by atoms with Gasteiger partial charge in [0.25, 0.3) is 0 Å². The Bertz CT molecular complexity index is 910. The monoisotopic (exact) mass is 408 g/mol. The highest BCUT2D eigenvalue weighted by molar-refractivity contribution is 8.04. The first-order valence-corrected chi connectivity index (χ1v) is 11.0. The number of nitrogens with one attached hydrogen (secondary N) is 1. The molecule has 0 radical (unpaired) electrons. The summed E-state index contributed by atoms with van der Waals surface area (Å²) >= 11 is 1.58. The first-order valence-electron chi connectivity index (χ1n) is 10.2. The number of hydrogen-bond acceptors (Lipinski definition) is 6. The van der Waals surface area contributed by atoms with Crippen molar-refractivity contribution in [1.29, 1.82) is 0 Å². The molecule has 0 saturated carbocycles. The third kappa shape index (κ3) is 4.93. The van der Waals surface area contributed by atoms with E-state index in [1.165, 1.54) is 4.91 Å². The van der Waals surface area contributed by atoms with Gasteiger partial charge in [-0.25, -0.2) is 0 Å². The zero-order valence-corrected chi connectivity index (χ0v) is 18.1. The van der Waals surface area contributed by atoms with Crippen molar-refractivity contribution in [2.24, 2.45) is 5.92 Å². The molecule has 5 nitrogen and oxygen atoms in total. The largest absolute Gasteiger partial charge is 0.439 e. The van der Waals surface area contributed by atoms with E-state index in [2.05, 4.69) is 48.6 Å². The van der Waals surface area contributed by atoms with E-state index in [0.29, 0.717) is 17.7 Å². The molecule has 6 heteroatoms. The summed E-state index contributed by atoms with van der Waals surface area (Å²) in [5, 5.41) is 0. The molecule has 1 atom stereocenters. The van der Waals surface area contributed by atoms with Gasteiger partial charge in [0.1, 0.15) is 11.6 Å². The normalized spacial score (nSPS) is 20.4. The van der Waals surface area contributed by atoms with E-state index in [0.717, 1.165) is 37.4 Å². The van der Waals surface area contributed by atoms with Gasteiger partial charge >= 0.3 is 0 Å². The van der Waals surface area contributed by atoms with Crippen LogP contribution in [0.15, 0.2) is 59.5 Å². The van der Waals surface area contributed by atoms with Crippen molar-refractivity contribution in [3.05, 3.63) is 59.5 Å². The summed E-state index contributed by atoms with van der Waals surface area (Å²) in [4.78, 5) is 13.1. The second-order valence-corrected chi connectivity index (χ2v) is 9.21. The van der Waals surface area contributed by atoms with Gasteiger partial charge in [0.15, 0.2) is 0 Å². The lowest BCUT2D eigenvalue weighted by Crippen LogP contribution is -2.39. The summed E-state index contributed by atoms with van der Waals surface area (Å²) in [5.41, 5.74) is 0.0177. The summed E-state index contributed by atoms with van der Waals surface area (Å²) in [7, 11) is 0. The van der Waals surface area contributed by atoms with Crippen molar-refractivity contribution >= 4 is 23.7 Å². The summed E-state index contributed by atoms with van der Waals surface area (Å²) in [5.74, 6) is 3.39. The third-order valence-corrected chi connectivity index (χ3v) is 6.05. The lowest BCUT2D eigenvalue weighted by molar-refractivity contribution is 0.455. The third-order valence-electron chi connectivity index (χ3n) is 5.21. The molecule has 1 aromatic carbocycles. The predicted molar refractivity (Wildman–Crippen MR) is 121 cm³/mol. The number of rotatable bonds is 6. The van der Waals surface area contributed by atoms with Crippen LogP contribution in [0.3, 0.4) is 0 Å². The molecule has 152 valence electrons. The molecular formula is C23H28N4OS. The van der Waals surface area contributed by atoms with Crippen LogP contribution in [0.2, 0.25) is 0 Å². The SMILES string of the molecule is CC1CN(c2nc(NSC3=CCCC=C3)cc(Oc3ccccc3)n2)C(C)(C)C1. The fraction of sp³-hybridized carbons (Fsp3) is 0.391. The molecule has 0 spiro atoms. The maximum atomic E-state index is 6.05. The first kappa shape index (κ1) is 19.8. The molecule has 1 unspecified atom stereocenters.